The number of nitrogens with zero attached hydrogens (tertiary/aromatic N) is 4. The Kier molecular flexibility index (Phi) is 9.78. The minimum atomic E-state index is -0.445. The summed E-state index contributed by atoms with van der Waals surface area (Å²) in [5.41, 5.74) is 18.1. The van der Waals surface area contributed by atoms with Gasteiger partial charge in [0, 0.05) is 33.7 Å². The molecule has 0 saturated heterocycles. The average molecular weight is 897 g/mol. The van der Waals surface area contributed by atoms with E-state index in [0.717, 1.165) is 38.8 Å². The first kappa shape index (κ1) is 40.6. The van der Waals surface area contributed by atoms with E-state index in [4.69, 9.17) is 19.7 Å². The zero-order valence-corrected chi connectivity index (χ0v) is 38.0. The molecule has 6 atom stereocenters. The van der Waals surface area contributed by atoms with Gasteiger partial charge in [-0.2, -0.15) is 0 Å². The normalized spacial score (nSPS) is 21.8. The van der Waals surface area contributed by atoms with Crippen LogP contribution in [0.4, 0.5) is 11.4 Å². The lowest BCUT2D eigenvalue weighted by Crippen LogP contribution is -2.41. The van der Waals surface area contributed by atoms with Crippen LogP contribution in [0.2, 0.25) is 0 Å². The molecule has 0 amide bonds. The fourth-order valence-corrected chi connectivity index (χ4v) is 11.6. The van der Waals surface area contributed by atoms with Gasteiger partial charge in [-0.1, -0.05) is 207 Å². The van der Waals surface area contributed by atoms with Crippen molar-refractivity contribution in [3.8, 4) is 0 Å². The Hall–Kier alpha value is -8.62. The Morgan fingerprint density at radius 2 is 0.957 bits per heavy atom. The van der Waals surface area contributed by atoms with Crippen LogP contribution in [-0.4, -0.2) is 18.1 Å². The SMILES string of the molecule is C=C/C=C\C(=C/C)C1C(c2ccccc2)c2cc3ccc4c5c(cc6ccc(c2N1C1=NN[C@H](c2ccccc2)O1)c3c64)C(c1ccccc1)C(c1ccccc1)N5C1=NNC(c2ccccc2)O1. The summed E-state index contributed by atoms with van der Waals surface area (Å²) in [6, 6.07) is 67.9. The fraction of sp³-hybridized carbons (Fsp3) is 0.115. The van der Waals surface area contributed by atoms with Gasteiger partial charge in [0.25, 0.3) is 0 Å². The second-order valence-electron chi connectivity index (χ2n) is 18.1. The van der Waals surface area contributed by atoms with Crippen molar-refractivity contribution < 1.29 is 9.47 Å². The van der Waals surface area contributed by atoms with Gasteiger partial charge >= 0.3 is 12.0 Å². The number of hydrogen-bond donors (Lipinski definition) is 2. The van der Waals surface area contributed by atoms with Crippen molar-refractivity contribution in [1.82, 2.24) is 10.9 Å². The minimum absolute atomic E-state index is 0.0369. The number of nitrogens with one attached hydrogen (secondary N) is 2. The van der Waals surface area contributed by atoms with Crippen LogP contribution in [0.25, 0.3) is 32.3 Å². The first-order chi connectivity index (χ1) is 34.2. The molecule has 0 aliphatic carbocycles. The van der Waals surface area contributed by atoms with E-state index in [2.05, 4.69) is 198 Å². The van der Waals surface area contributed by atoms with Gasteiger partial charge in [0.2, 0.25) is 12.5 Å². The molecule has 0 spiro atoms. The zero-order chi connectivity index (χ0) is 46.0. The molecule has 8 nitrogen and oxygen atoms in total. The summed E-state index contributed by atoms with van der Waals surface area (Å²) in [6.45, 7) is 6.16. The Balaban J connectivity index is 1.06. The standard InChI is InChI=1S/C61H48N6O2/c1-3-5-21-38(4-2)54-52(39-22-11-6-12-23-39)48-36-44-33-35-47-51-45(32-34-46(50(44)51)56(48)66(54)60-64-62-58(68-60)42-28-17-9-18-29-42)37-49-53(40-24-13-7-14-25-40)55(41-26-15-8-16-27-41)67(57(47)49)61-65-63-59(69-61)43-30-19-10-20-31-43/h3-37,52-55,58-59,62-63H,1H2,2H3/b21-5-,38-4+/t52?,53?,54?,55?,58-,59?/m0/s1. The van der Waals surface area contributed by atoms with Gasteiger partial charge in [0.05, 0.1) is 23.5 Å². The van der Waals surface area contributed by atoms with E-state index in [0.29, 0.717) is 12.0 Å². The molecule has 2 N–H and O–H groups in total. The lowest BCUT2D eigenvalue weighted by Gasteiger charge is -2.31. The van der Waals surface area contributed by atoms with Gasteiger partial charge in [0.15, 0.2) is 0 Å². The van der Waals surface area contributed by atoms with Crippen LogP contribution in [0.15, 0.2) is 235 Å². The van der Waals surface area contributed by atoms with Crippen LogP contribution in [-0.2, 0) is 9.47 Å². The third-order valence-electron chi connectivity index (χ3n) is 14.4. The number of anilines is 2. The zero-order valence-electron chi connectivity index (χ0n) is 38.0. The number of amidine groups is 2. The van der Waals surface area contributed by atoms with E-state index < -0.39 is 12.5 Å². The third kappa shape index (κ3) is 6.50. The number of benzene rings is 9. The van der Waals surface area contributed by atoms with Crippen LogP contribution in [0.1, 0.15) is 76.2 Å². The second kappa shape index (κ2) is 16.6. The van der Waals surface area contributed by atoms with Gasteiger partial charge in [0.1, 0.15) is 0 Å². The van der Waals surface area contributed by atoms with Gasteiger partial charge in [-0.25, -0.2) is 0 Å². The van der Waals surface area contributed by atoms with Gasteiger partial charge in [-0.15, -0.1) is 10.2 Å². The van der Waals surface area contributed by atoms with E-state index in [1.807, 2.05) is 48.6 Å². The summed E-state index contributed by atoms with van der Waals surface area (Å²) in [5, 5.41) is 17.0. The molecule has 0 fully saturated rings. The van der Waals surface area contributed by atoms with Crippen molar-refractivity contribution >= 4 is 55.7 Å². The van der Waals surface area contributed by atoms with E-state index in [9.17, 15) is 0 Å². The summed E-state index contributed by atoms with van der Waals surface area (Å²) in [6.07, 6.45) is 7.36. The molecule has 8 heteroatoms. The van der Waals surface area contributed by atoms with Crippen molar-refractivity contribution in [2.75, 3.05) is 9.80 Å². The molecule has 9 aromatic rings. The van der Waals surface area contributed by atoms with Crippen LogP contribution in [0.3, 0.4) is 0 Å². The maximum absolute atomic E-state index is 6.93. The Morgan fingerprint density at radius 3 is 1.45 bits per heavy atom. The number of hydrogen-bond acceptors (Lipinski definition) is 8. The van der Waals surface area contributed by atoms with E-state index in [1.54, 1.807) is 0 Å². The molecule has 4 aliphatic heterocycles. The molecule has 0 radical (unpaired) electrons. The Bertz CT molecular complexity index is 3520. The van der Waals surface area contributed by atoms with Crippen LogP contribution < -0.4 is 20.7 Å². The molecular weight excluding hydrogens is 849 g/mol. The Morgan fingerprint density at radius 1 is 0.522 bits per heavy atom. The lowest BCUT2D eigenvalue weighted by molar-refractivity contribution is 0.186. The Labute approximate surface area is 401 Å². The third-order valence-corrected chi connectivity index (χ3v) is 14.4. The smallest absolute Gasteiger partial charge is 0.316 e. The van der Waals surface area contributed by atoms with Crippen molar-refractivity contribution in [2.45, 2.75) is 43.3 Å². The quantitative estimate of drug-likeness (QED) is 0.117. The van der Waals surface area contributed by atoms with Crippen LogP contribution in [0.5, 0.6) is 0 Å². The second-order valence-corrected chi connectivity index (χ2v) is 18.1. The predicted molar refractivity (Wildman–Crippen MR) is 279 cm³/mol. The summed E-state index contributed by atoms with van der Waals surface area (Å²) < 4.78 is 13.8. The molecule has 334 valence electrons. The molecule has 13 rings (SSSR count). The monoisotopic (exact) mass is 896 g/mol. The van der Waals surface area contributed by atoms with Crippen molar-refractivity contribution in [3.05, 3.63) is 263 Å². The van der Waals surface area contributed by atoms with Crippen LogP contribution >= 0.6 is 0 Å². The van der Waals surface area contributed by atoms with E-state index in [-0.39, 0.29) is 23.9 Å². The number of ether oxygens (including phenoxy) is 2. The van der Waals surface area contributed by atoms with Crippen molar-refractivity contribution in [2.24, 2.45) is 10.2 Å². The molecule has 9 aromatic carbocycles. The van der Waals surface area contributed by atoms with Gasteiger partial charge in [-0.3, -0.25) is 20.7 Å². The van der Waals surface area contributed by atoms with Crippen molar-refractivity contribution in [1.29, 1.82) is 0 Å². The molecule has 0 bridgehead atoms. The molecule has 0 saturated carbocycles. The highest BCUT2D eigenvalue weighted by Gasteiger charge is 2.49. The number of hydrazone groups is 2. The lowest BCUT2D eigenvalue weighted by atomic mass is 9.81. The van der Waals surface area contributed by atoms with Gasteiger partial charge in [-0.05, 0) is 74.0 Å². The minimum Gasteiger partial charge on any atom is -0.434 e. The number of allylic oxidation sites excluding steroid dienone is 3. The first-order valence-electron chi connectivity index (χ1n) is 23.7. The first-order valence-corrected chi connectivity index (χ1v) is 23.7. The van der Waals surface area contributed by atoms with Crippen LogP contribution in [0, 0.1) is 0 Å². The highest BCUT2D eigenvalue weighted by Crippen LogP contribution is 2.59. The molecule has 69 heavy (non-hydrogen) atoms. The van der Waals surface area contributed by atoms with E-state index in [1.165, 1.54) is 49.4 Å². The largest absolute Gasteiger partial charge is 0.434 e. The molecule has 4 heterocycles. The number of fused-ring (bicyclic) bond motifs is 4. The molecule has 4 aliphatic rings. The summed E-state index contributed by atoms with van der Waals surface area (Å²) >= 11 is 0. The summed E-state index contributed by atoms with van der Waals surface area (Å²) in [5.74, 6) is -0.100. The fourth-order valence-electron chi connectivity index (χ4n) is 11.6. The highest BCUT2D eigenvalue weighted by molar-refractivity contribution is 6.30. The number of rotatable bonds is 8. The predicted octanol–water partition coefficient (Wildman–Crippen LogP) is 13.5. The average Bonchev–Trinajstić information content (AvgIpc) is 4.23. The van der Waals surface area contributed by atoms with Crippen molar-refractivity contribution in [3.63, 3.8) is 0 Å². The molecular formula is C61H48N6O2. The molecule has 0 aromatic heterocycles. The highest BCUT2D eigenvalue weighted by atomic mass is 16.5. The maximum Gasteiger partial charge on any atom is 0.316 e. The maximum atomic E-state index is 6.93. The topological polar surface area (TPSA) is 73.7 Å². The molecule has 5 unspecified atom stereocenters. The summed E-state index contributed by atoms with van der Waals surface area (Å²) in [7, 11) is 0. The van der Waals surface area contributed by atoms with E-state index >= 15 is 0 Å². The van der Waals surface area contributed by atoms with Gasteiger partial charge < -0.3 is 9.47 Å². The summed E-state index contributed by atoms with van der Waals surface area (Å²) in [4.78, 5) is 4.71.